The molecule has 1 fully saturated rings. The number of carbonyl (C=O) groups is 1. The summed E-state index contributed by atoms with van der Waals surface area (Å²) >= 11 is 0. The van der Waals surface area contributed by atoms with Gasteiger partial charge >= 0.3 is 0 Å². The van der Waals surface area contributed by atoms with Gasteiger partial charge in [0.05, 0.1) is 0 Å². The number of aromatic nitrogens is 2. The molecule has 0 unspecified atom stereocenters. The average molecular weight is 310 g/mol. The highest BCUT2D eigenvalue weighted by molar-refractivity contribution is 5.91. The number of nitrogens with zero attached hydrogens (tertiary/aromatic N) is 2. The Labute approximate surface area is 135 Å². The number of ketones is 1. The van der Waals surface area contributed by atoms with Gasteiger partial charge in [0.1, 0.15) is 11.4 Å². The summed E-state index contributed by atoms with van der Waals surface area (Å²) in [5, 5.41) is 3.25. The highest BCUT2D eigenvalue weighted by atomic mass is 16.1. The molecule has 2 aliphatic rings. The lowest BCUT2D eigenvalue weighted by molar-refractivity contribution is -0.121. The Hall–Kier alpha value is -2.14. The van der Waals surface area contributed by atoms with E-state index in [0.29, 0.717) is 11.7 Å². The van der Waals surface area contributed by atoms with E-state index in [-0.39, 0.29) is 0 Å². The molecule has 3 heterocycles. The second kappa shape index (κ2) is 5.81. The predicted molar refractivity (Wildman–Crippen MR) is 90.5 cm³/mol. The van der Waals surface area contributed by atoms with E-state index in [4.69, 9.17) is 0 Å². The summed E-state index contributed by atoms with van der Waals surface area (Å²) < 4.78 is 0. The second-order valence-electron chi connectivity index (χ2n) is 6.78. The van der Waals surface area contributed by atoms with E-state index in [1.807, 2.05) is 19.4 Å². The van der Waals surface area contributed by atoms with Crippen molar-refractivity contribution < 1.29 is 4.79 Å². The van der Waals surface area contributed by atoms with Crippen molar-refractivity contribution in [2.45, 2.75) is 32.1 Å². The van der Waals surface area contributed by atoms with E-state index in [1.165, 1.54) is 22.1 Å². The van der Waals surface area contributed by atoms with Gasteiger partial charge in [0.25, 0.3) is 0 Å². The monoisotopic (exact) mass is 310 g/mol. The van der Waals surface area contributed by atoms with Crippen molar-refractivity contribution in [3.8, 4) is 0 Å². The molecule has 0 saturated heterocycles. The normalized spacial score (nSPS) is 20.0. The molecule has 0 atom stereocenters. The first-order valence-electron chi connectivity index (χ1n) is 8.33. The maximum Gasteiger partial charge on any atom is 0.137 e. The molecule has 4 rings (SSSR count). The number of carbonyl (C=O) groups excluding carboxylic acids is 1. The fourth-order valence-corrected chi connectivity index (χ4v) is 3.66. The number of pyridine rings is 1. The van der Waals surface area contributed by atoms with Crippen LogP contribution in [0, 0.1) is 5.92 Å². The second-order valence-corrected chi connectivity index (χ2v) is 6.78. The van der Waals surface area contributed by atoms with Gasteiger partial charge in [-0.15, -0.1) is 0 Å². The molecule has 2 aromatic heterocycles. The summed E-state index contributed by atoms with van der Waals surface area (Å²) in [7, 11) is 2.03. The van der Waals surface area contributed by atoms with Crippen LogP contribution in [0.2, 0.25) is 0 Å². The SMILES string of the molecule is CN1CC(c2c[nH]c3ncc(CC4CCC(=O)CC4)cc23)=CN1. The van der Waals surface area contributed by atoms with Crippen LogP contribution in [0.1, 0.15) is 36.8 Å². The first-order chi connectivity index (χ1) is 11.2. The highest BCUT2D eigenvalue weighted by Gasteiger charge is 2.20. The van der Waals surface area contributed by atoms with Crippen molar-refractivity contribution in [1.29, 1.82) is 0 Å². The maximum atomic E-state index is 11.4. The highest BCUT2D eigenvalue weighted by Crippen LogP contribution is 2.29. The van der Waals surface area contributed by atoms with Gasteiger partial charge in [-0.1, -0.05) is 0 Å². The maximum absolute atomic E-state index is 11.4. The molecule has 0 amide bonds. The fraction of sp³-hybridized carbons (Fsp3) is 0.444. The van der Waals surface area contributed by atoms with Crippen LogP contribution in [0.15, 0.2) is 24.7 Å². The molecule has 0 spiro atoms. The third-order valence-electron chi connectivity index (χ3n) is 4.99. The Bertz CT molecular complexity index is 766. The number of H-pyrrole nitrogens is 1. The van der Waals surface area contributed by atoms with Crippen LogP contribution >= 0.6 is 0 Å². The number of likely N-dealkylation sites (N-methyl/N-ethyl adjacent to an activating group) is 1. The lowest BCUT2D eigenvalue weighted by Gasteiger charge is -2.20. The summed E-state index contributed by atoms with van der Waals surface area (Å²) in [5.74, 6) is 1.04. The fourth-order valence-electron chi connectivity index (χ4n) is 3.66. The Morgan fingerprint density at radius 3 is 2.91 bits per heavy atom. The zero-order valence-corrected chi connectivity index (χ0v) is 13.4. The third-order valence-corrected chi connectivity index (χ3v) is 4.99. The lowest BCUT2D eigenvalue weighted by atomic mass is 9.84. The standard InChI is InChI=1S/C18H22N4O/c1-22-11-14(9-21-22)17-10-20-18-16(17)7-13(8-19-18)6-12-2-4-15(23)5-3-12/h7-10,12,21H,2-6,11H2,1H3,(H,19,20). The van der Waals surface area contributed by atoms with E-state index in [1.54, 1.807) is 0 Å². The largest absolute Gasteiger partial charge is 0.346 e. The average Bonchev–Trinajstić information content (AvgIpc) is 3.15. The summed E-state index contributed by atoms with van der Waals surface area (Å²) in [4.78, 5) is 19.2. The minimum absolute atomic E-state index is 0.424. The smallest absolute Gasteiger partial charge is 0.137 e. The first-order valence-corrected chi connectivity index (χ1v) is 8.33. The number of hydrogen-bond acceptors (Lipinski definition) is 4. The topological polar surface area (TPSA) is 61.0 Å². The van der Waals surface area contributed by atoms with Crippen LogP contribution in [0.3, 0.4) is 0 Å². The number of Topliss-reactive ketones (excluding diaryl/α,β-unsaturated/α-hetero) is 1. The molecule has 2 aromatic rings. The van der Waals surface area contributed by atoms with E-state index in [2.05, 4.69) is 32.7 Å². The van der Waals surface area contributed by atoms with Crippen molar-refractivity contribution in [2.24, 2.45) is 5.92 Å². The molecule has 1 aliphatic heterocycles. The predicted octanol–water partition coefficient (Wildman–Crippen LogP) is 2.66. The van der Waals surface area contributed by atoms with Gasteiger partial charge in [-0.05, 0) is 42.4 Å². The van der Waals surface area contributed by atoms with E-state index in [9.17, 15) is 4.79 Å². The van der Waals surface area contributed by atoms with Gasteiger partial charge in [-0.25, -0.2) is 9.99 Å². The van der Waals surface area contributed by atoms with Gasteiger partial charge in [-0.3, -0.25) is 4.79 Å². The molecule has 5 nitrogen and oxygen atoms in total. The van der Waals surface area contributed by atoms with Crippen molar-refractivity contribution in [2.75, 3.05) is 13.6 Å². The molecule has 1 saturated carbocycles. The molecule has 0 bridgehead atoms. The van der Waals surface area contributed by atoms with E-state index >= 15 is 0 Å². The number of nitrogens with one attached hydrogen (secondary N) is 2. The van der Waals surface area contributed by atoms with E-state index in [0.717, 1.165) is 44.3 Å². The van der Waals surface area contributed by atoms with Crippen LogP contribution in [0.5, 0.6) is 0 Å². The van der Waals surface area contributed by atoms with Crippen LogP contribution in [0.4, 0.5) is 0 Å². The van der Waals surface area contributed by atoms with Crippen molar-refractivity contribution in [1.82, 2.24) is 20.4 Å². The number of fused-ring (bicyclic) bond motifs is 1. The molecule has 120 valence electrons. The quantitative estimate of drug-likeness (QED) is 0.915. The minimum Gasteiger partial charge on any atom is -0.346 e. The van der Waals surface area contributed by atoms with Gasteiger partial charge in [0.15, 0.2) is 0 Å². The first kappa shape index (κ1) is 14.5. The number of hydrazine groups is 1. The molecular formula is C18H22N4O. The molecule has 1 aliphatic carbocycles. The number of rotatable bonds is 3. The Morgan fingerprint density at radius 2 is 2.17 bits per heavy atom. The Kier molecular flexibility index (Phi) is 3.65. The van der Waals surface area contributed by atoms with Crippen molar-refractivity contribution in [3.63, 3.8) is 0 Å². The molecular weight excluding hydrogens is 288 g/mol. The molecule has 0 radical (unpaired) electrons. The molecule has 23 heavy (non-hydrogen) atoms. The van der Waals surface area contributed by atoms with Gasteiger partial charge < -0.3 is 10.4 Å². The summed E-state index contributed by atoms with van der Waals surface area (Å²) in [6.45, 7) is 0.891. The van der Waals surface area contributed by atoms with Crippen LogP contribution < -0.4 is 5.43 Å². The van der Waals surface area contributed by atoms with Crippen molar-refractivity contribution in [3.05, 3.63) is 35.8 Å². The minimum atomic E-state index is 0.424. The molecule has 2 N–H and O–H groups in total. The van der Waals surface area contributed by atoms with Crippen LogP contribution in [-0.4, -0.2) is 34.4 Å². The van der Waals surface area contributed by atoms with Gasteiger partial charge in [0, 0.05) is 56.0 Å². The van der Waals surface area contributed by atoms with Gasteiger partial charge in [0.2, 0.25) is 0 Å². The number of hydrogen-bond donors (Lipinski definition) is 2. The summed E-state index contributed by atoms with van der Waals surface area (Å²) in [6, 6.07) is 2.27. The zero-order chi connectivity index (χ0) is 15.8. The molecule has 0 aromatic carbocycles. The summed E-state index contributed by atoms with van der Waals surface area (Å²) in [6.07, 6.45) is 10.7. The Morgan fingerprint density at radius 1 is 1.35 bits per heavy atom. The molecule has 5 heteroatoms. The van der Waals surface area contributed by atoms with E-state index < -0.39 is 0 Å². The number of aromatic amines is 1. The zero-order valence-electron chi connectivity index (χ0n) is 13.4. The van der Waals surface area contributed by atoms with Crippen LogP contribution in [0.25, 0.3) is 16.6 Å². The van der Waals surface area contributed by atoms with Crippen molar-refractivity contribution >= 4 is 22.4 Å². The lowest BCUT2D eigenvalue weighted by Crippen LogP contribution is -2.24. The van der Waals surface area contributed by atoms with Crippen LogP contribution in [-0.2, 0) is 11.2 Å². The third kappa shape index (κ3) is 2.88. The summed E-state index contributed by atoms with van der Waals surface area (Å²) in [5.41, 5.74) is 7.94. The Balaban J connectivity index is 1.58. The van der Waals surface area contributed by atoms with Gasteiger partial charge in [-0.2, -0.15) is 0 Å².